The van der Waals surface area contributed by atoms with Crippen LogP contribution in [0.5, 0.6) is 11.5 Å². The Bertz CT molecular complexity index is 297. The minimum Gasteiger partial charge on any atom is -0.495 e. The van der Waals surface area contributed by atoms with Crippen LogP contribution in [-0.4, -0.2) is 13.7 Å². The molecule has 2 nitrogen and oxygen atoms in total. The van der Waals surface area contributed by atoms with Gasteiger partial charge >= 0.3 is 0 Å². The Labute approximate surface area is 86.3 Å². The molecule has 0 N–H and O–H groups in total. The topological polar surface area (TPSA) is 18.5 Å². The van der Waals surface area contributed by atoms with E-state index < -0.39 is 0 Å². The second kappa shape index (κ2) is 4.92. The number of hydrogen-bond acceptors (Lipinski definition) is 2. The Kier molecular flexibility index (Phi) is 3.83. The van der Waals surface area contributed by atoms with E-state index in [1.165, 1.54) is 0 Å². The average Bonchev–Trinajstić information content (AvgIpc) is 2.16. The molecule has 0 radical (unpaired) electrons. The zero-order chi connectivity index (χ0) is 9.68. The van der Waals surface area contributed by atoms with Crippen LogP contribution in [0, 0.1) is 0 Å². The minimum absolute atomic E-state index is 0.505. The molecule has 0 aliphatic rings. The predicted molar refractivity (Wildman–Crippen MR) is 56.4 cm³/mol. The van der Waals surface area contributed by atoms with Crippen LogP contribution in [0.3, 0.4) is 0 Å². The van der Waals surface area contributed by atoms with Gasteiger partial charge in [0.05, 0.1) is 11.6 Å². The molecule has 70 valence electrons. The first-order chi connectivity index (χ1) is 6.27. The molecule has 0 unspecified atom stereocenters. The van der Waals surface area contributed by atoms with Gasteiger partial charge in [-0.1, -0.05) is 12.7 Å². The van der Waals surface area contributed by atoms with E-state index in [0.29, 0.717) is 6.61 Å². The zero-order valence-electron chi connectivity index (χ0n) is 7.42. The Morgan fingerprint density at radius 3 is 2.92 bits per heavy atom. The highest BCUT2D eigenvalue weighted by atomic mass is 79.9. The number of rotatable bonds is 4. The molecule has 3 heteroatoms. The Hall–Kier alpha value is -0.960. The van der Waals surface area contributed by atoms with Crippen LogP contribution in [0.15, 0.2) is 35.3 Å². The average molecular weight is 243 g/mol. The van der Waals surface area contributed by atoms with Gasteiger partial charge in [0.15, 0.2) is 0 Å². The Morgan fingerprint density at radius 1 is 1.54 bits per heavy atom. The lowest BCUT2D eigenvalue weighted by atomic mass is 10.3. The molecule has 13 heavy (non-hydrogen) atoms. The Balaban J connectivity index is 2.79. The van der Waals surface area contributed by atoms with Gasteiger partial charge in [-0.05, 0) is 28.1 Å². The lowest BCUT2D eigenvalue weighted by Gasteiger charge is -2.06. The fraction of sp³-hybridized carbons (Fsp3) is 0.200. The summed E-state index contributed by atoms with van der Waals surface area (Å²) in [5, 5.41) is 0. The van der Waals surface area contributed by atoms with Gasteiger partial charge in [0.1, 0.15) is 18.1 Å². The van der Waals surface area contributed by atoms with Gasteiger partial charge < -0.3 is 9.47 Å². The van der Waals surface area contributed by atoms with Gasteiger partial charge in [-0.15, -0.1) is 0 Å². The van der Waals surface area contributed by atoms with Crippen molar-refractivity contribution in [1.29, 1.82) is 0 Å². The van der Waals surface area contributed by atoms with Crippen molar-refractivity contribution in [3.8, 4) is 11.5 Å². The number of hydrogen-bond donors (Lipinski definition) is 0. The van der Waals surface area contributed by atoms with Crippen molar-refractivity contribution in [3.05, 3.63) is 35.3 Å². The van der Waals surface area contributed by atoms with Crippen LogP contribution in [0.25, 0.3) is 0 Å². The van der Waals surface area contributed by atoms with E-state index in [1.54, 1.807) is 13.2 Å². The van der Waals surface area contributed by atoms with Gasteiger partial charge in [0.25, 0.3) is 0 Å². The second-order valence-corrected chi connectivity index (χ2v) is 3.25. The van der Waals surface area contributed by atoms with E-state index in [1.807, 2.05) is 18.2 Å². The molecule has 0 fully saturated rings. The van der Waals surface area contributed by atoms with Crippen LogP contribution < -0.4 is 9.47 Å². The first-order valence-corrected chi connectivity index (χ1v) is 4.64. The summed E-state index contributed by atoms with van der Waals surface area (Å²) in [6.45, 7) is 4.08. The molecule has 0 spiro atoms. The van der Waals surface area contributed by atoms with E-state index in [2.05, 4.69) is 22.5 Å². The zero-order valence-corrected chi connectivity index (χ0v) is 9.00. The summed E-state index contributed by atoms with van der Waals surface area (Å²) in [5.74, 6) is 1.54. The van der Waals surface area contributed by atoms with Crippen molar-refractivity contribution in [2.24, 2.45) is 0 Å². The normalized spacial score (nSPS) is 9.38. The number of ether oxygens (including phenoxy) is 2. The molecule has 0 aliphatic carbocycles. The van der Waals surface area contributed by atoms with Crippen LogP contribution in [0.4, 0.5) is 0 Å². The molecule has 0 atom stereocenters. The summed E-state index contributed by atoms with van der Waals surface area (Å²) in [5.41, 5.74) is 0. The molecule has 0 saturated carbocycles. The lowest BCUT2D eigenvalue weighted by molar-refractivity contribution is 0.356. The van der Waals surface area contributed by atoms with Crippen LogP contribution >= 0.6 is 15.9 Å². The third kappa shape index (κ3) is 2.77. The predicted octanol–water partition coefficient (Wildman–Crippen LogP) is 3.02. The summed E-state index contributed by atoms with van der Waals surface area (Å²) in [6.07, 6.45) is 1.70. The smallest absolute Gasteiger partial charge is 0.136 e. The van der Waals surface area contributed by atoms with E-state index >= 15 is 0 Å². The summed E-state index contributed by atoms with van der Waals surface area (Å²) in [7, 11) is 1.62. The molecule has 0 aromatic heterocycles. The highest BCUT2D eigenvalue weighted by Crippen LogP contribution is 2.28. The quantitative estimate of drug-likeness (QED) is 0.756. The van der Waals surface area contributed by atoms with Gasteiger partial charge in [-0.2, -0.15) is 0 Å². The van der Waals surface area contributed by atoms with Crippen molar-refractivity contribution in [3.63, 3.8) is 0 Å². The fourth-order valence-corrected chi connectivity index (χ4v) is 1.29. The maximum absolute atomic E-state index is 5.33. The van der Waals surface area contributed by atoms with E-state index in [9.17, 15) is 0 Å². The van der Waals surface area contributed by atoms with Gasteiger partial charge in [-0.25, -0.2) is 0 Å². The monoisotopic (exact) mass is 242 g/mol. The van der Waals surface area contributed by atoms with Crippen LogP contribution in [-0.2, 0) is 0 Å². The summed E-state index contributed by atoms with van der Waals surface area (Å²) < 4.78 is 11.4. The van der Waals surface area contributed by atoms with Crippen molar-refractivity contribution in [1.82, 2.24) is 0 Å². The maximum atomic E-state index is 5.33. The molecule has 1 aromatic carbocycles. The van der Waals surface area contributed by atoms with Crippen molar-refractivity contribution >= 4 is 15.9 Å². The largest absolute Gasteiger partial charge is 0.495 e. The van der Waals surface area contributed by atoms with Crippen LogP contribution in [0.2, 0.25) is 0 Å². The third-order valence-electron chi connectivity index (χ3n) is 1.49. The molecule has 0 saturated heterocycles. The molecule has 0 aliphatic heterocycles. The SMILES string of the molecule is C=CCOc1ccc(Br)c(OC)c1. The number of methoxy groups -OCH3 is 1. The van der Waals surface area contributed by atoms with Gasteiger partial charge in [0.2, 0.25) is 0 Å². The van der Waals surface area contributed by atoms with Gasteiger partial charge in [-0.3, -0.25) is 0 Å². The van der Waals surface area contributed by atoms with Crippen molar-refractivity contribution in [2.45, 2.75) is 0 Å². The van der Waals surface area contributed by atoms with E-state index in [-0.39, 0.29) is 0 Å². The summed E-state index contributed by atoms with van der Waals surface area (Å²) >= 11 is 3.36. The third-order valence-corrected chi connectivity index (χ3v) is 2.15. The molecule has 1 rings (SSSR count). The lowest BCUT2D eigenvalue weighted by Crippen LogP contribution is -1.93. The first kappa shape index (κ1) is 10.1. The van der Waals surface area contributed by atoms with Gasteiger partial charge in [0, 0.05) is 6.07 Å². The summed E-state index contributed by atoms with van der Waals surface area (Å²) in [4.78, 5) is 0. The molecule has 0 bridgehead atoms. The standard InChI is InChI=1S/C10H11BrO2/c1-3-6-13-8-4-5-9(11)10(7-8)12-2/h3-5,7H,1,6H2,2H3. The van der Waals surface area contributed by atoms with Crippen LogP contribution in [0.1, 0.15) is 0 Å². The van der Waals surface area contributed by atoms with Crippen molar-refractivity contribution in [2.75, 3.05) is 13.7 Å². The molecule has 0 heterocycles. The molecular weight excluding hydrogens is 232 g/mol. The molecule has 0 amide bonds. The highest BCUT2D eigenvalue weighted by molar-refractivity contribution is 9.10. The minimum atomic E-state index is 0.505. The van der Waals surface area contributed by atoms with Crippen molar-refractivity contribution < 1.29 is 9.47 Å². The highest BCUT2D eigenvalue weighted by Gasteiger charge is 2.01. The number of benzene rings is 1. The summed E-state index contributed by atoms with van der Waals surface area (Å²) in [6, 6.07) is 5.58. The second-order valence-electron chi connectivity index (χ2n) is 2.40. The first-order valence-electron chi connectivity index (χ1n) is 3.85. The molecule has 1 aromatic rings. The van der Waals surface area contributed by atoms with E-state index in [4.69, 9.17) is 9.47 Å². The Morgan fingerprint density at radius 2 is 2.31 bits per heavy atom. The van der Waals surface area contributed by atoms with E-state index in [0.717, 1.165) is 16.0 Å². The fourth-order valence-electron chi connectivity index (χ4n) is 0.885. The number of halogens is 1. The maximum Gasteiger partial charge on any atom is 0.136 e. The molecular formula is C10H11BrO2.